The maximum Gasteiger partial charge on any atom is 0.264 e. The fraction of sp³-hybridized carbons (Fsp3) is 0.136. The van der Waals surface area contributed by atoms with E-state index >= 15 is 0 Å². The average molecular weight is 445 g/mol. The zero-order valence-electron chi connectivity index (χ0n) is 16.7. The molecule has 0 heterocycles. The number of aryl methyl sites for hydroxylation is 1. The molecule has 3 aromatic carbocycles. The van der Waals surface area contributed by atoms with Crippen molar-refractivity contribution in [2.45, 2.75) is 11.8 Å². The molecule has 0 spiro atoms. The fourth-order valence-corrected chi connectivity index (χ4v) is 4.24. The third-order valence-electron chi connectivity index (χ3n) is 4.55. The van der Waals surface area contributed by atoms with Gasteiger partial charge in [-0.05, 0) is 67.1 Å². The van der Waals surface area contributed by atoms with E-state index < -0.39 is 15.9 Å². The molecule has 0 fully saturated rings. The number of sulfonamides is 1. The Morgan fingerprint density at radius 2 is 1.73 bits per heavy atom. The van der Waals surface area contributed by atoms with Crippen molar-refractivity contribution in [1.29, 1.82) is 0 Å². The molecule has 0 saturated heterocycles. The highest BCUT2D eigenvalue weighted by Gasteiger charge is 2.23. The molecule has 0 atom stereocenters. The highest BCUT2D eigenvalue weighted by molar-refractivity contribution is 7.92. The van der Waals surface area contributed by atoms with Crippen molar-refractivity contribution in [3.8, 4) is 5.75 Å². The number of hydrogen-bond acceptors (Lipinski definition) is 4. The summed E-state index contributed by atoms with van der Waals surface area (Å²) in [4.78, 5) is 12.8. The van der Waals surface area contributed by atoms with Gasteiger partial charge in [-0.3, -0.25) is 9.10 Å². The fourth-order valence-electron chi connectivity index (χ4n) is 2.85. The molecule has 156 valence electrons. The van der Waals surface area contributed by atoms with Crippen molar-refractivity contribution in [2.75, 3.05) is 23.8 Å². The smallest absolute Gasteiger partial charge is 0.264 e. The first-order valence-electron chi connectivity index (χ1n) is 9.03. The summed E-state index contributed by atoms with van der Waals surface area (Å²) in [6, 6.07) is 17.9. The van der Waals surface area contributed by atoms with E-state index in [0.717, 1.165) is 9.87 Å². The van der Waals surface area contributed by atoms with Crippen molar-refractivity contribution < 1.29 is 17.9 Å². The Morgan fingerprint density at radius 3 is 2.37 bits per heavy atom. The lowest BCUT2D eigenvalue weighted by Gasteiger charge is -2.20. The zero-order valence-corrected chi connectivity index (χ0v) is 18.3. The van der Waals surface area contributed by atoms with Gasteiger partial charge in [-0.2, -0.15) is 0 Å². The Bertz CT molecular complexity index is 1180. The molecule has 8 heteroatoms. The number of nitrogens with one attached hydrogen (secondary N) is 1. The van der Waals surface area contributed by atoms with Crippen LogP contribution in [0.25, 0.3) is 0 Å². The van der Waals surface area contributed by atoms with Gasteiger partial charge in [-0.1, -0.05) is 23.7 Å². The van der Waals surface area contributed by atoms with Gasteiger partial charge in [0.25, 0.3) is 15.9 Å². The maximum absolute atomic E-state index is 13.0. The minimum atomic E-state index is -3.83. The summed E-state index contributed by atoms with van der Waals surface area (Å²) in [6.45, 7) is 1.92. The number of halogens is 1. The SMILES string of the molecule is COc1ccc(S(=O)(=O)N(C)c2ccc(Cl)c(C(=O)Nc3cccc(C)c3)c2)cc1. The summed E-state index contributed by atoms with van der Waals surface area (Å²) in [5, 5.41) is 3.01. The molecule has 0 aliphatic heterocycles. The summed E-state index contributed by atoms with van der Waals surface area (Å²) < 4.78 is 32.1. The molecule has 0 aromatic heterocycles. The maximum atomic E-state index is 13.0. The van der Waals surface area contributed by atoms with Crippen LogP contribution in [0.1, 0.15) is 15.9 Å². The van der Waals surface area contributed by atoms with Gasteiger partial charge in [0.05, 0.1) is 28.3 Å². The lowest BCUT2D eigenvalue weighted by atomic mass is 10.1. The summed E-state index contributed by atoms with van der Waals surface area (Å²) in [5.74, 6) is 0.126. The number of methoxy groups -OCH3 is 1. The quantitative estimate of drug-likeness (QED) is 0.596. The van der Waals surface area contributed by atoms with Crippen LogP contribution in [-0.4, -0.2) is 28.5 Å². The molecule has 0 radical (unpaired) electrons. The molecule has 1 amide bonds. The lowest BCUT2D eigenvalue weighted by molar-refractivity contribution is 0.102. The highest BCUT2D eigenvalue weighted by Crippen LogP contribution is 2.28. The van der Waals surface area contributed by atoms with Gasteiger partial charge >= 0.3 is 0 Å². The largest absolute Gasteiger partial charge is 0.497 e. The van der Waals surface area contributed by atoms with E-state index in [-0.39, 0.29) is 15.5 Å². The second-order valence-corrected chi connectivity index (χ2v) is 9.01. The van der Waals surface area contributed by atoms with E-state index in [0.29, 0.717) is 17.1 Å². The van der Waals surface area contributed by atoms with Crippen molar-refractivity contribution in [2.24, 2.45) is 0 Å². The van der Waals surface area contributed by atoms with E-state index in [1.165, 1.54) is 38.4 Å². The number of carbonyl (C=O) groups is 1. The Kier molecular flexibility index (Phi) is 6.34. The molecule has 0 saturated carbocycles. The number of carbonyl (C=O) groups excluding carboxylic acids is 1. The van der Waals surface area contributed by atoms with Crippen LogP contribution in [0.5, 0.6) is 5.75 Å². The summed E-state index contributed by atoms with van der Waals surface area (Å²) in [6.07, 6.45) is 0. The van der Waals surface area contributed by atoms with Crippen LogP contribution in [0.15, 0.2) is 71.6 Å². The third-order valence-corrected chi connectivity index (χ3v) is 6.68. The van der Waals surface area contributed by atoms with Gasteiger partial charge in [0.2, 0.25) is 0 Å². The summed E-state index contributed by atoms with van der Waals surface area (Å²) in [5.41, 5.74) is 2.11. The molecule has 0 bridgehead atoms. The van der Waals surface area contributed by atoms with Gasteiger partial charge in [0.1, 0.15) is 5.75 Å². The molecule has 3 aromatic rings. The van der Waals surface area contributed by atoms with E-state index in [2.05, 4.69) is 5.32 Å². The summed E-state index contributed by atoms with van der Waals surface area (Å²) in [7, 11) is -0.906. The van der Waals surface area contributed by atoms with Crippen molar-refractivity contribution in [3.05, 3.63) is 82.9 Å². The van der Waals surface area contributed by atoms with Crippen LogP contribution < -0.4 is 14.4 Å². The lowest BCUT2D eigenvalue weighted by Crippen LogP contribution is -2.27. The first-order chi connectivity index (χ1) is 14.2. The Balaban J connectivity index is 1.90. The van der Waals surface area contributed by atoms with Crippen LogP contribution in [0.3, 0.4) is 0 Å². The Hall–Kier alpha value is -3.03. The molecular weight excluding hydrogens is 424 g/mol. The zero-order chi connectivity index (χ0) is 21.9. The number of anilines is 2. The second kappa shape index (κ2) is 8.77. The first-order valence-corrected chi connectivity index (χ1v) is 10.8. The van der Waals surface area contributed by atoms with Crippen molar-refractivity contribution in [1.82, 2.24) is 0 Å². The molecule has 3 rings (SSSR count). The standard InChI is InChI=1S/C22H21ClN2O4S/c1-15-5-4-6-16(13-15)24-22(26)20-14-17(7-12-21(20)23)25(2)30(27,28)19-10-8-18(29-3)9-11-19/h4-14H,1-3H3,(H,24,26). The number of amides is 1. The molecule has 0 unspecified atom stereocenters. The monoisotopic (exact) mass is 444 g/mol. The normalized spacial score (nSPS) is 11.1. The van der Waals surface area contributed by atoms with E-state index in [4.69, 9.17) is 16.3 Å². The van der Waals surface area contributed by atoms with Gasteiger partial charge in [-0.25, -0.2) is 8.42 Å². The average Bonchev–Trinajstić information content (AvgIpc) is 2.73. The van der Waals surface area contributed by atoms with Crippen LogP contribution in [0.2, 0.25) is 5.02 Å². The predicted molar refractivity (Wildman–Crippen MR) is 119 cm³/mol. The third kappa shape index (κ3) is 4.58. The van der Waals surface area contributed by atoms with Crippen LogP contribution in [0.4, 0.5) is 11.4 Å². The first kappa shape index (κ1) is 21.7. The Morgan fingerprint density at radius 1 is 1.03 bits per heavy atom. The van der Waals surface area contributed by atoms with Gasteiger partial charge in [0.15, 0.2) is 0 Å². The number of nitrogens with zero attached hydrogens (tertiary/aromatic N) is 1. The molecule has 0 aliphatic rings. The van der Waals surface area contributed by atoms with E-state index in [1.54, 1.807) is 24.3 Å². The molecule has 1 N–H and O–H groups in total. The number of rotatable bonds is 6. The minimum absolute atomic E-state index is 0.103. The Labute approximate surface area is 181 Å². The van der Waals surface area contributed by atoms with E-state index in [1.807, 2.05) is 25.1 Å². The van der Waals surface area contributed by atoms with Gasteiger partial charge in [0, 0.05) is 12.7 Å². The molecule has 0 aliphatic carbocycles. The molecular formula is C22H21ClN2O4S. The number of hydrogen-bond donors (Lipinski definition) is 1. The van der Waals surface area contributed by atoms with Gasteiger partial charge < -0.3 is 10.1 Å². The highest BCUT2D eigenvalue weighted by atomic mass is 35.5. The second-order valence-electron chi connectivity index (χ2n) is 6.64. The molecule has 6 nitrogen and oxygen atoms in total. The predicted octanol–water partition coefficient (Wildman–Crippen LogP) is 4.73. The number of ether oxygens (including phenoxy) is 1. The van der Waals surface area contributed by atoms with Crippen LogP contribution in [-0.2, 0) is 10.0 Å². The molecule has 30 heavy (non-hydrogen) atoms. The minimum Gasteiger partial charge on any atom is -0.497 e. The van der Waals surface area contributed by atoms with Crippen LogP contribution in [0, 0.1) is 6.92 Å². The van der Waals surface area contributed by atoms with E-state index in [9.17, 15) is 13.2 Å². The van der Waals surface area contributed by atoms with Crippen molar-refractivity contribution >= 4 is 38.9 Å². The van der Waals surface area contributed by atoms with Crippen molar-refractivity contribution in [3.63, 3.8) is 0 Å². The van der Waals surface area contributed by atoms with Gasteiger partial charge in [-0.15, -0.1) is 0 Å². The summed E-state index contributed by atoms with van der Waals surface area (Å²) >= 11 is 6.22. The van der Waals surface area contributed by atoms with Crippen LogP contribution >= 0.6 is 11.6 Å². The topological polar surface area (TPSA) is 75.7 Å². The number of benzene rings is 3.